The molecule has 0 aliphatic rings. The van der Waals surface area contributed by atoms with Crippen LogP contribution in [0.4, 0.5) is 5.69 Å². The van der Waals surface area contributed by atoms with Crippen molar-refractivity contribution in [3.05, 3.63) is 105 Å². The molecule has 29 heavy (non-hydrogen) atoms. The van der Waals surface area contributed by atoms with E-state index >= 15 is 0 Å². The second kappa shape index (κ2) is 9.36. The summed E-state index contributed by atoms with van der Waals surface area (Å²) in [6.45, 7) is 3.89. The van der Waals surface area contributed by atoms with Gasteiger partial charge in [0.15, 0.2) is 0 Å². The lowest BCUT2D eigenvalue weighted by atomic mass is 10.0. The summed E-state index contributed by atoms with van der Waals surface area (Å²) in [7, 11) is 0. The fourth-order valence-electron chi connectivity index (χ4n) is 2.97. The number of hydrogen-bond acceptors (Lipinski definition) is 2. The summed E-state index contributed by atoms with van der Waals surface area (Å²) in [6.07, 6.45) is 2.42. The van der Waals surface area contributed by atoms with Gasteiger partial charge in [-0.15, -0.1) is 0 Å². The van der Waals surface area contributed by atoms with Crippen LogP contribution >= 0.6 is 15.9 Å². The van der Waals surface area contributed by atoms with Crippen LogP contribution in [0, 0.1) is 25.2 Å². The third-order valence-corrected chi connectivity index (χ3v) is 5.42. The lowest BCUT2D eigenvalue weighted by Crippen LogP contribution is -2.14. The normalized spacial score (nSPS) is 11.0. The number of nitrogens with one attached hydrogen (secondary N) is 1. The van der Waals surface area contributed by atoms with Crippen LogP contribution in [0.1, 0.15) is 27.8 Å². The Bertz CT molecular complexity index is 1110. The highest BCUT2D eigenvalue weighted by Crippen LogP contribution is 2.21. The van der Waals surface area contributed by atoms with Gasteiger partial charge in [-0.3, -0.25) is 4.79 Å². The average molecular weight is 445 g/mol. The van der Waals surface area contributed by atoms with Crippen molar-refractivity contribution in [1.29, 1.82) is 5.26 Å². The van der Waals surface area contributed by atoms with E-state index in [1.807, 2.05) is 80.6 Å². The zero-order valence-corrected chi connectivity index (χ0v) is 18.0. The minimum Gasteiger partial charge on any atom is -0.321 e. The van der Waals surface area contributed by atoms with Crippen LogP contribution in [-0.2, 0) is 11.2 Å². The van der Waals surface area contributed by atoms with Crippen molar-refractivity contribution in [1.82, 2.24) is 0 Å². The summed E-state index contributed by atoms with van der Waals surface area (Å²) in [5, 5.41) is 12.3. The van der Waals surface area contributed by atoms with Crippen molar-refractivity contribution >= 4 is 33.6 Å². The fourth-order valence-corrected chi connectivity index (χ4v) is 3.39. The highest BCUT2D eigenvalue weighted by atomic mass is 79.9. The molecule has 3 nitrogen and oxygen atoms in total. The number of nitrogens with zero attached hydrogens (tertiary/aromatic N) is 1. The summed E-state index contributed by atoms with van der Waals surface area (Å²) < 4.78 is 1.08. The average Bonchev–Trinajstić information content (AvgIpc) is 2.71. The largest absolute Gasteiger partial charge is 0.321 e. The first kappa shape index (κ1) is 20.6. The van der Waals surface area contributed by atoms with Gasteiger partial charge in [0.25, 0.3) is 5.91 Å². The molecule has 0 bridgehead atoms. The molecule has 0 saturated heterocycles. The first-order valence-corrected chi connectivity index (χ1v) is 10.1. The maximum atomic E-state index is 12.6. The summed E-state index contributed by atoms with van der Waals surface area (Å²) in [6, 6.07) is 23.9. The van der Waals surface area contributed by atoms with E-state index in [1.165, 1.54) is 5.56 Å². The van der Waals surface area contributed by atoms with Crippen LogP contribution in [0.3, 0.4) is 0 Å². The molecule has 3 aromatic carbocycles. The van der Waals surface area contributed by atoms with Gasteiger partial charge in [-0.25, -0.2) is 0 Å². The Hall–Kier alpha value is -3.16. The zero-order chi connectivity index (χ0) is 20.8. The summed E-state index contributed by atoms with van der Waals surface area (Å²) in [5.74, 6) is -0.404. The predicted molar refractivity (Wildman–Crippen MR) is 122 cm³/mol. The van der Waals surface area contributed by atoms with Gasteiger partial charge in [0.2, 0.25) is 0 Å². The maximum Gasteiger partial charge on any atom is 0.266 e. The van der Waals surface area contributed by atoms with E-state index in [9.17, 15) is 10.1 Å². The number of aryl methyl sites for hydroxylation is 2. The summed E-state index contributed by atoms with van der Waals surface area (Å²) in [4.78, 5) is 12.6. The van der Waals surface area contributed by atoms with Crippen LogP contribution in [-0.4, -0.2) is 5.91 Å². The Morgan fingerprint density at radius 1 is 1.07 bits per heavy atom. The van der Waals surface area contributed by atoms with Gasteiger partial charge in [-0.2, -0.15) is 5.26 Å². The van der Waals surface area contributed by atoms with E-state index < -0.39 is 5.91 Å². The molecule has 0 aromatic heterocycles. The fraction of sp³-hybridized carbons (Fsp3) is 0.120. The van der Waals surface area contributed by atoms with Gasteiger partial charge in [0, 0.05) is 10.2 Å². The molecular formula is C25H21BrN2O. The Labute approximate surface area is 179 Å². The number of rotatable bonds is 5. The van der Waals surface area contributed by atoms with Crippen molar-refractivity contribution in [3.63, 3.8) is 0 Å². The molecular weight excluding hydrogens is 424 g/mol. The van der Waals surface area contributed by atoms with Gasteiger partial charge in [0.1, 0.15) is 11.6 Å². The highest BCUT2D eigenvalue weighted by molar-refractivity contribution is 9.10. The number of nitriles is 1. The number of carbonyl (C=O) groups is 1. The molecule has 0 fully saturated rings. The van der Waals surface area contributed by atoms with Crippen LogP contribution in [0.2, 0.25) is 0 Å². The molecule has 0 radical (unpaired) electrons. The van der Waals surface area contributed by atoms with Gasteiger partial charge in [-0.1, -0.05) is 70.5 Å². The summed E-state index contributed by atoms with van der Waals surface area (Å²) in [5.41, 5.74) is 5.98. The minimum absolute atomic E-state index is 0.0736. The summed E-state index contributed by atoms with van der Waals surface area (Å²) >= 11 is 3.57. The first-order valence-electron chi connectivity index (χ1n) is 9.29. The van der Waals surface area contributed by atoms with Gasteiger partial charge in [-0.05, 0) is 66.3 Å². The number of anilines is 1. The standard InChI is InChI=1S/C25H21BrN2O/c1-17-7-8-18(2)24(13-17)28-25(29)22(16-27)15-20-11-9-19(10-12-20)14-21-5-3-4-6-23(21)26/h3-13,15H,14H2,1-2H3,(H,28,29)/b22-15+. The smallest absolute Gasteiger partial charge is 0.266 e. The molecule has 0 heterocycles. The second-order valence-corrected chi connectivity index (χ2v) is 7.81. The number of halogens is 1. The SMILES string of the molecule is Cc1ccc(C)c(NC(=O)/C(C#N)=C/c2ccc(Cc3ccccc3Br)cc2)c1. The van der Waals surface area contributed by atoms with Crippen molar-refractivity contribution in [2.24, 2.45) is 0 Å². The lowest BCUT2D eigenvalue weighted by molar-refractivity contribution is -0.112. The van der Waals surface area contributed by atoms with E-state index in [0.29, 0.717) is 0 Å². The topological polar surface area (TPSA) is 52.9 Å². The first-order chi connectivity index (χ1) is 14.0. The van der Waals surface area contributed by atoms with E-state index in [1.54, 1.807) is 6.08 Å². The molecule has 0 saturated carbocycles. The Kier molecular flexibility index (Phi) is 6.64. The molecule has 144 valence electrons. The minimum atomic E-state index is -0.404. The van der Waals surface area contributed by atoms with Gasteiger partial charge < -0.3 is 5.32 Å². The quantitative estimate of drug-likeness (QED) is 0.375. The Morgan fingerprint density at radius 2 is 1.79 bits per heavy atom. The van der Waals surface area contributed by atoms with Crippen LogP contribution in [0.15, 0.2) is 76.8 Å². The van der Waals surface area contributed by atoms with Crippen molar-refractivity contribution in [2.75, 3.05) is 5.32 Å². The molecule has 0 aliphatic carbocycles. The number of carbonyl (C=O) groups excluding carboxylic acids is 1. The number of amides is 1. The van der Waals surface area contributed by atoms with Gasteiger partial charge in [0.05, 0.1) is 0 Å². The van der Waals surface area contributed by atoms with E-state index in [2.05, 4.69) is 27.3 Å². The molecule has 0 aliphatic heterocycles. The monoisotopic (exact) mass is 444 g/mol. The Balaban J connectivity index is 1.75. The molecule has 1 amide bonds. The number of benzene rings is 3. The predicted octanol–water partition coefficient (Wildman–Crippen LogP) is 6.20. The van der Waals surface area contributed by atoms with Crippen LogP contribution in [0.5, 0.6) is 0 Å². The van der Waals surface area contributed by atoms with Gasteiger partial charge >= 0.3 is 0 Å². The van der Waals surface area contributed by atoms with E-state index in [-0.39, 0.29) is 5.57 Å². The molecule has 4 heteroatoms. The lowest BCUT2D eigenvalue weighted by Gasteiger charge is -2.09. The maximum absolute atomic E-state index is 12.6. The molecule has 0 atom stereocenters. The molecule has 3 aromatic rings. The molecule has 3 rings (SSSR count). The van der Waals surface area contributed by atoms with Crippen LogP contribution in [0.25, 0.3) is 6.08 Å². The van der Waals surface area contributed by atoms with Crippen molar-refractivity contribution in [2.45, 2.75) is 20.3 Å². The third kappa shape index (κ3) is 5.43. The van der Waals surface area contributed by atoms with Crippen molar-refractivity contribution in [3.8, 4) is 6.07 Å². The second-order valence-electron chi connectivity index (χ2n) is 6.95. The Morgan fingerprint density at radius 3 is 2.48 bits per heavy atom. The van der Waals surface area contributed by atoms with Crippen molar-refractivity contribution < 1.29 is 4.79 Å². The highest BCUT2D eigenvalue weighted by Gasteiger charge is 2.11. The number of hydrogen-bond donors (Lipinski definition) is 1. The molecule has 0 spiro atoms. The molecule has 1 N–H and O–H groups in total. The zero-order valence-electron chi connectivity index (χ0n) is 16.4. The van der Waals surface area contributed by atoms with Crippen LogP contribution < -0.4 is 5.32 Å². The van der Waals surface area contributed by atoms with E-state index in [4.69, 9.17) is 0 Å². The third-order valence-electron chi connectivity index (χ3n) is 4.65. The van der Waals surface area contributed by atoms with E-state index in [0.717, 1.165) is 38.8 Å². The molecule has 0 unspecified atom stereocenters.